The van der Waals surface area contributed by atoms with Gasteiger partial charge in [-0.3, -0.25) is 0 Å². The summed E-state index contributed by atoms with van der Waals surface area (Å²) in [6.45, 7) is 6.39. The lowest BCUT2D eigenvalue weighted by Crippen LogP contribution is -2.24. The second-order valence-electron chi connectivity index (χ2n) is 5.31. The van der Waals surface area contributed by atoms with Gasteiger partial charge in [0.1, 0.15) is 5.82 Å². The Kier molecular flexibility index (Phi) is 4.91. The fraction of sp³-hybridized carbons (Fsp3) is 0.333. The first-order valence-electron chi connectivity index (χ1n) is 7.18. The van der Waals surface area contributed by atoms with E-state index in [1.165, 1.54) is 23.3 Å². The Labute approximate surface area is 120 Å². The second kappa shape index (κ2) is 6.67. The molecule has 20 heavy (non-hydrogen) atoms. The molecule has 0 aliphatic carbocycles. The van der Waals surface area contributed by atoms with E-state index in [0.29, 0.717) is 6.04 Å². The Hall–Kier alpha value is -1.67. The van der Waals surface area contributed by atoms with Gasteiger partial charge in [-0.15, -0.1) is 0 Å². The largest absolute Gasteiger partial charge is 0.303 e. The van der Waals surface area contributed by atoms with Gasteiger partial charge in [-0.05, 0) is 43.5 Å². The first-order chi connectivity index (χ1) is 9.60. The molecule has 0 aromatic heterocycles. The fourth-order valence-corrected chi connectivity index (χ4v) is 2.40. The van der Waals surface area contributed by atoms with Crippen molar-refractivity contribution < 1.29 is 4.39 Å². The molecule has 1 N–H and O–H groups in total. The zero-order valence-electron chi connectivity index (χ0n) is 12.4. The van der Waals surface area contributed by atoms with Crippen LogP contribution in [0.25, 0.3) is 0 Å². The van der Waals surface area contributed by atoms with Gasteiger partial charge in [0.25, 0.3) is 0 Å². The Balaban J connectivity index is 2.09. The van der Waals surface area contributed by atoms with E-state index in [9.17, 15) is 4.39 Å². The van der Waals surface area contributed by atoms with Gasteiger partial charge in [-0.2, -0.15) is 0 Å². The smallest absolute Gasteiger partial charge is 0.123 e. The van der Waals surface area contributed by atoms with Gasteiger partial charge in [0, 0.05) is 12.1 Å². The Morgan fingerprint density at radius 1 is 0.950 bits per heavy atom. The predicted molar refractivity (Wildman–Crippen MR) is 82.2 cm³/mol. The van der Waals surface area contributed by atoms with Crippen LogP contribution < -0.4 is 5.32 Å². The van der Waals surface area contributed by atoms with E-state index in [2.05, 4.69) is 50.4 Å². The number of nitrogens with one attached hydrogen (secondary N) is 1. The summed E-state index contributed by atoms with van der Waals surface area (Å²) in [6, 6.07) is 15.9. The molecule has 0 spiro atoms. The van der Waals surface area contributed by atoms with Gasteiger partial charge in [0.2, 0.25) is 0 Å². The highest BCUT2D eigenvalue weighted by molar-refractivity contribution is 5.25. The molecule has 0 radical (unpaired) electrons. The third-order valence-corrected chi connectivity index (χ3v) is 3.71. The molecule has 0 heterocycles. The topological polar surface area (TPSA) is 12.0 Å². The van der Waals surface area contributed by atoms with Crippen LogP contribution in [0.5, 0.6) is 0 Å². The van der Waals surface area contributed by atoms with E-state index in [1.807, 2.05) is 12.1 Å². The van der Waals surface area contributed by atoms with Crippen molar-refractivity contribution in [2.24, 2.45) is 0 Å². The van der Waals surface area contributed by atoms with Crippen molar-refractivity contribution in [3.8, 4) is 0 Å². The molecule has 1 unspecified atom stereocenters. The van der Waals surface area contributed by atoms with Crippen molar-refractivity contribution in [2.45, 2.75) is 39.3 Å². The van der Waals surface area contributed by atoms with Crippen LogP contribution in [0.1, 0.15) is 49.0 Å². The molecule has 106 valence electrons. The predicted octanol–water partition coefficient (Wildman–Crippen LogP) is 4.94. The van der Waals surface area contributed by atoms with Gasteiger partial charge in [0.15, 0.2) is 0 Å². The molecule has 0 saturated heterocycles. The van der Waals surface area contributed by atoms with Gasteiger partial charge >= 0.3 is 0 Å². The zero-order chi connectivity index (χ0) is 14.5. The number of hydrogen-bond donors (Lipinski definition) is 1. The van der Waals surface area contributed by atoms with Crippen molar-refractivity contribution in [3.63, 3.8) is 0 Å². The Bertz CT molecular complexity index is 530. The Morgan fingerprint density at radius 3 is 2.05 bits per heavy atom. The molecule has 0 aliphatic rings. The van der Waals surface area contributed by atoms with Gasteiger partial charge in [-0.25, -0.2) is 4.39 Å². The van der Waals surface area contributed by atoms with E-state index in [4.69, 9.17) is 0 Å². The van der Waals surface area contributed by atoms with Crippen molar-refractivity contribution in [1.82, 2.24) is 5.32 Å². The number of aryl methyl sites for hydroxylation is 1. The summed E-state index contributed by atoms with van der Waals surface area (Å²) in [5.41, 5.74) is 3.68. The molecule has 1 nitrogen and oxygen atoms in total. The van der Waals surface area contributed by atoms with Crippen LogP contribution >= 0.6 is 0 Å². The van der Waals surface area contributed by atoms with E-state index in [1.54, 1.807) is 0 Å². The number of halogens is 1. The van der Waals surface area contributed by atoms with Crippen LogP contribution in [0.3, 0.4) is 0 Å². The van der Waals surface area contributed by atoms with Gasteiger partial charge < -0.3 is 5.32 Å². The average Bonchev–Trinajstić information content (AvgIpc) is 2.46. The molecule has 2 heteroatoms. The summed E-state index contributed by atoms with van der Waals surface area (Å²) in [5, 5.41) is 3.62. The lowest BCUT2D eigenvalue weighted by Gasteiger charge is -2.23. The van der Waals surface area contributed by atoms with Crippen LogP contribution in [0, 0.1) is 12.7 Å². The van der Waals surface area contributed by atoms with Gasteiger partial charge in [0.05, 0.1) is 0 Å². The molecule has 2 rings (SSSR count). The maximum Gasteiger partial charge on any atom is 0.123 e. The molecule has 0 saturated carbocycles. The molecule has 2 aromatic carbocycles. The first-order valence-corrected chi connectivity index (χ1v) is 7.18. The summed E-state index contributed by atoms with van der Waals surface area (Å²) in [6.07, 6.45) is 1.02. The lowest BCUT2D eigenvalue weighted by atomic mass is 10.0. The summed E-state index contributed by atoms with van der Waals surface area (Å²) in [5.74, 6) is -0.188. The van der Waals surface area contributed by atoms with Crippen molar-refractivity contribution in [3.05, 3.63) is 71.0 Å². The maximum absolute atomic E-state index is 13.0. The summed E-state index contributed by atoms with van der Waals surface area (Å²) in [7, 11) is 0. The summed E-state index contributed by atoms with van der Waals surface area (Å²) < 4.78 is 13.0. The standard InChI is InChI=1S/C18H22FN/c1-4-18(16-7-5-13(2)6-8-16)20-14(3)15-9-11-17(19)12-10-15/h5-12,14,18,20H,4H2,1-3H3/t14-,18?/m0/s1. The molecular weight excluding hydrogens is 249 g/mol. The summed E-state index contributed by atoms with van der Waals surface area (Å²) in [4.78, 5) is 0. The normalized spacial score (nSPS) is 14.0. The monoisotopic (exact) mass is 271 g/mol. The van der Waals surface area contributed by atoms with Crippen LogP contribution in [-0.4, -0.2) is 0 Å². The highest BCUT2D eigenvalue weighted by Crippen LogP contribution is 2.22. The Morgan fingerprint density at radius 2 is 1.50 bits per heavy atom. The highest BCUT2D eigenvalue weighted by atomic mass is 19.1. The minimum atomic E-state index is -0.188. The van der Waals surface area contributed by atoms with E-state index < -0.39 is 0 Å². The van der Waals surface area contributed by atoms with E-state index in [0.717, 1.165) is 12.0 Å². The van der Waals surface area contributed by atoms with Crippen LogP contribution in [0.15, 0.2) is 48.5 Å². The molecule has 0 bridgehead atoms. The third-order valence-electron chi connectivity index (χ3n) is 3.71. The minimum absolute atomic E-state index is 0.188. The zero-order valence-corrected chi connectivity index (χ0v) is 12.4. The number of hydrogen-bond acceptors (Lipinski definition) is 1. The van der Waals surface area contributed by atoms with Crippen molar-refractivity contribution >= 4 is 0 Å². The van der Waals surface area contributed by atoms with Crippen molar-refractivity contribution in [1.29, 1.82) is 0 Å². The molecule has 2 aromatic rings. The van der Waals surface area contributed by atoms with Crippen LogP contribution in [0.4, 0.5) is 4.39 Å². The first kappa shape index (κ1) is 14.7. The second-order valence-corrected chi connectivity index (χ2v) is 5.31. The molecule has 0 amide bonds. The van der Waals surface area contributed by atoms with Crippen LogP contribution in [-0.2, 0) is 0 Å². The number of rotatable bonds is 5. The molecule has 0 aliphatic heterocycles. The third kappa shape index (κ3) is 3.67. The highest BCUT2D eigenvalue weighted by Gasteiger charge is 2.13. The van der Waals surface area contributed by atoms with E-state index >= 15 is 0 Å². The van der Waals surface area contributed by atoms with Crippen LogP contribution in [0.2, 0.25) is 0 Å². The minimum Gasteiger partial charge on any atom is -0.303 e. The average molecular weight is 271 g/mol. The van der Waals surface area contributed by atoms with Crippen molar-refractivity contribution in [2.75, 3.05) is 0 Å². The fourth-order valence-electron chi connectivity index (χ4n) is 2.40. The summed E-state index contributed by atoms with van der Waals surface area (Å²) >= 11 is 0. The molecule has 2 atom stereocenters. The SMILES string of the molecule is CCC(N[C@@H](C)c1ccc(F)cc1)c1ccc(C)cc1. The van der Waals surface area contributed by atoms with Gasteiger partial charge in [-0.1, -0.05) is 48.9 Å². The molecule has 0 fully saturated rings. The molecular formula is C18H22FN. The quantitative estimate of drug-likeness (QED) is 0.812. The number of benzene rings is 2. The van der Waals surface area contributed by atoms with E-state index in [-0.39, 0.29) is 11.9 Å². The lowest BCUT2D eigenvalue weighted by molar-refractivity contribution is 0.456. The maximum atomic E-state index is 13.0.